The largest absolute Gasteiger partial charge is 0.478 e. The van der Waals surface area contributed by atoms with Gasteiger partial charge in [0.05, 0.1) is 11.1 Å². The van der Waals surface area contributed by atoms with Gasteiger partial charge in [0, 0.05) is 24.8 Å². The van der Waals surface area contributed by atoms with Crippen molar-refractivity contribution in [2.75, 3.05) is 0 Å². The number of hydrogen-bond donors (Lipinski definition) is 1. The molecule has 1 aromatic carbocycles. The van der Waals surface area contributed by atoms with Gasteiger partial charge in [-0.2, -0.15) is 0 Å². The zero-order valence-electron chi connectivity index (χ0n) is 10.2. The molecule has 0 aliphatic rings. The maximum absolute atomic E-state index is 11.4. The van der Waals surface area contributed by atoms with E-state index >= 15 is 0 Å². The van der Waals surface area contributed by atoms with Crippen LogP contribution in [0.4, 0.5) is 0 Å². The smallest absolute Gasteiger partial charge is 0.336 e. The molecule has 5 nitrogen and oxygen atoms in total. The molecule has 5 heteroatoms. The van der Waals surface area contributed by atoms with E-state index in [4.69, 9.17) is 0 Å². The fourth-order valence-corrected chi connectivity index (χ4v) is 2.08. The number of carboxylic acids is 1. The van der Waals surface area contributed by atoms with Crippen LogP contribution in [0, 0.1) is 0 Å². The van der Waals surface area contributed by atoms with Gasteiger partial charge in [0.25, 0.3) is 0 Å². The summed E-state index contributed by atoms with van der Waals surface area (Å²) in [5.74, 6) is -0.317. The second-order valence-corrected chi connectivity index (χ2v) is 4.24. The number of para-hydroxylation sites is 1. The van der Waals surface area contributed by atoms with Gasteiger partial charge in [0.15, 0.2) is 5.82 Å². The van der Waals surface area contributed by atoms with Gasteiger partial charge < -0.3 is 9.67 Å². The molecule has 1 N–H and O–H groups in total. The zero-order chi connectivity index (χ0) is 13.4. The van der Waals surface area contributed by atoms with Crippen LogP contribution in [0.15, 0.2) is 42.7 Å². The Balaban J connectivity index is 2.34. The summed E-state index contributed by atoms with van der Waals surface area (Å²) in [4.78, 5) is 20.0. The summed E-state index contributed by atoms with van der Waals surface area (Å²) in [6, 6.07) is 8.76. The third kappa shape index (κ3) is 1.85. The van der Waals surface area contributed by atoms with Crippen molar-refractivity contribution in [3.8, 4) is 11.5 Å². The average Bonchev–Trinajstić information content (AvgIpc) is 2.83. The van der Waals surface area contributed by atoms with Crippen LogP contribution in [-0.4, -0.2) is 25.6 Å². The molecule has 0 unspecified atom stereocenters. The van der Waals surface area contributed by atoms with Gasteiger partial charge >= 0.3 is 5.97 Å². The van der Waals surface area contributed by atoms with Crippen molar-refractivity contribution < 1.29 is 9.90 Å². The number of pyridine rings is 1. The fraction of sp³-hybridized carbons (Fsp3) is 0.0714. The second-order valence-electron chi connectivity index (χ2n) is 4.24. The van der Waals surface area contributed by atoms with Crippen molar-refractivity contribution in [1.29, 1.82) is 0 Å². The van der Waals surface area contributed by atoms with Crippen LogP contribution in [0.1, 0.15) is 10.4 Å². The number of aryl methyl sites for hydroxylation is 1. The lowest BCUT2D eigenvalue weighted by Gasteiger charge is -2.06. The van der Waals surface area contributed by atoms with Crippen LogP contribution >= 0.6 is 0 Å². The molecule has 0 saturated carbocycles. The molecule has 94 valence electrons. The standard InChI is InChI=1S/C14H11N3O2/c1-17-7-6-15-13(17)12-8-10(14(18)19)9-4-2-3-5-11(9)16-12/h2-8H,1H3,(H,18,19). The number of fused-ring (bicyclic) bond motifs is 1. The number of hydrogen-bond acceptors (Lipinski definition) is 3. The molecule has 19 heavy (non-hydrogen) atoms. The number of aromatic nitrogens is 3. The van der Waals surface area contributed by atoms with E-state index in [1.807, 2.05) is 17.7 Å². The van der Waals surface area contributed by atoms with E-state index in [0.29, 0.717) is 22.4 Å². The Bertz CT molecular complexity index is 777. The fourth-order valence-electron chi connectivity index (χ4n) is 2.08. The molecule has 0 spiro atoms. The maximum Gasteiger partial charge on any atom is 0.336 e. The first-order valence-electron chi connectivity index (χ1n) is 5.77. The minimum atomic E-state index is -0.964. The van der Waals surface area contributed by atoms with Crippen molar-refractivity contribution in [3.63, 3.8) is 0 Å². The summed E-state index contributed by atoms with van der Waals surface area (Å²) in [7, 11) is 1.85. The van der Waals surface area contributed by atoms with Crippen LogP contribution in [0.2, 0.25) is 0 Å². The van der Waals surface area contributed by atoms with E-state index in [1.54, 1.807) is 36.7 Å². The number of benzene rings is 1. The molecule has 2 heterocycles. The first-order chi connectivity index (χ1) is 9.16. The van der Waals surface area contributed by atoms with Crippen LogP contribution in [0.5, 0.6) is 0 Å². The number of imidazole rings is 1. The first-order valence-corrected chi connectivity index (χ1v) is 5.77. The van der Waals surface area contributed by atoms with E-state index in [9.17, 15) is 9.90 Å². The summed E-state index contributed by atoms with van der Waals surface area (Å²) in [5, 5.41) is 9.95. The average molecular weight is 253 g/mol. The van der Waals surface area contributed by atoms with Crippen molar-refractivity contribution in [2.24, 2.45) is 7.05 Å². The van der Waals surface area contributed by atoms with Gasteiger partial charge in [0.1, 0.15) is 5.69 Å². The van der Waals surface area contributed by atoms with Crippen molar-refractivity contribution in [1.82, 2.24) is 14.5 Å². The van der Waals surface area contributed by atoms with Gasteiger partial charge in [-0.1, -0.05) is 18.2 Å². The van der Waals surface area contributed by atoms with Crippen LogP contribution in [0.3, 0.4) is 0 Å². The molecule has 0 bridgehead atoms. The second kappa shape index (κ2) is 4.20. The number of rotatable bonds is 2. The van der Waals surface area contributed by atoms with Gasteiger partial charge in [-0.05, 0) is 12.1 Å². The number of carboxylic acid groups (broad SMARTS) is 1. The Kier molecular flexibility index (Phi) is 2.52. The van der Waals surface area contributed by atoms with E-state index < -0.39 is 5.97 Å². The van der Waals surface area contributed by atoms with Gasteiger partial charge in [0.2, 0.25) is 0 Å². The number of aromatic carboxylic acids is 1. The van der Waals surface area contributed by atoms with Gasteiger partial charge in [-0.3, -0.25) is 0 Å². The molecular formula is C14H11N3O2. The zero-order valence-corrected chi connectivity index (χ0v) is 10.2. The Labute approximate surface area is 109 Å². The molecule has 0 atom stereocenters. The van der Waals surface area contributed by atoms with E-state index in [0.717, 1.165) is 0 Å². The molecule has 2 aromatic heterocycles. The van der Waals surface area contributed by atoms with Crippen LogP contribution in [0.25, 0.3) is 22.4 Å². The summed E-state index contributed by atoms with van der Waals surface area (Å²) < 4.78 is 1.81. The van der Waals surface area contributed by atoms with Crippen molar-refractivity contribution in [3.05, 3.63) is 48.3 Å². The SMILES string of the molecule is Cn1ccnc1-c1cc(C(=O)O)c2ccccc2n1. The maximum atomic E-state index is 11.4. The molecular weight excluding hydrogens is 242 g/mol. The van der Waals surface area contributed by atoms with Gasteiger partial charge in [-0.25, -0.2) is 14.8 Å². The third-order valence-corrected chi connectivity index (χ3v) is 3.00. The molecule has 0 aliphatic carbocycles. The minimum Gasteiger partial charge on any atom is -0.478 e. The third-order valence-electron chi connectivity index (χ3n) is 3.00. The number of carbonyl (C=O) groups is 1. The van der Waals surface area contributed by atoms with E-state index in [1.165, 1.54) is 0 Å². The predicted octanol–water partition coefficient (Wildman–Crippen LogP) is 2.33. The lowest BCUT2D eigenvalue weighted by Crippen LogP contribution is -2.02. The van der Waals surface area contributed by atoms with Crippen LogP contribution < -0.4 is 0 Å². The lowest BCUT2D eigenvalue weighted by molar-refractivity contribution is 0.0699. The Morgan fingerprint density at radius 1 is 1.32 bits per heavy atom. The topological polar surface area (TPSA) is 68.0 Å². The highest BCUT2D eigenvalue weighted by Gasteiger charge is 2.14. The van der Waals surface area contributed by atoms with E-state index in [2.05, 4.69) is 9.97 Å². The monoisotopic (exact) mass is 253 g/mol. The predicted molar refractivity (Wildman–Crippen MR) is 70.9 cm³/mol. The Hall–Kier alpha value is -2.69. The van der Waals surface area contributed by atoms with Crippen LogP contribution in [-0.2, 0) is 7.05 Å². The Morgan fingerprint density at radius 2 is 2.11 bits per heavy atom. The lowest BCUT2D eigenvalue weighted by atomic mass is 10.1. The summed E-state index contributed by atoms with van der Waals surface area (Å²) in [6.07, 6.45) is 3.46. The molecule has 0 saturated heterocycles. The highest BCUT2D eigenvalue weighted by Crippen LogP contribution is 2.23. The van der Waals surface area contributed by atoms with Gasteiger partial charge in [-0.15, -0.1) is 0 Å². The molecule has 0 amide bonds. The number of nitrogens with zero attached hydrogens (tertiary/aromatic N) is 3. The Morgan fingerprint density at radius 3 is 2.79 bits per heavy atom. The molecule has 3 aromatic rings. The van der Waals surface area contributed by atoms with E-state index in [-0.39, 0.29) is 5.56 Å². The summed E-state index contributed by atoms with van der Waals surface area (Å²) >= 11 is 0. The van der Waals surface area contributed by atoms with Crippen molar-refractivity contribution >= 4 is 16.9 Å². The molecule has 0 fully saturated rings. The minimum absolute atomic E-state index is 0.239. The highest BCUT2D eigenvalue weighted by molar-refractivity contribution is 6.03. The summed E-state index contributed by atoms with van der Waals surface area (Å²) in [6.45, 7) is 0. The molecule has 0 radical (unpaired) electrons. The first kappa shape index (κ1) is 11.4. The van der Waals surface area contributed by atoms with Crippen molar-refractivity contribution in [2.45, 2.75) is 0 Å². The normalized spacial score (nSPS) is 10.8. The molecule has 3 rings (SSSR count). The quantitative estimate of drug-likeness (QED) is 0.761. The highest BCUT2D eigenvalue weighted by atomic mass is 16.4. The molecule has 0 aliphatic heterocycles. The summed E-state index contributed by atoms with van der Waals surface area (Å²) in [5.41, 5.74) is 1.45.